The average Bonchev–Trinajstić information content (AvgIpc) is 2.73. The number of allylic oxidation sites excluding steroid dienone is 1. The number of rotatable bonds is 8. The highest BCUT2D eigenvalue weighted by Gasteiger charge is 2.32. The molecule has 0 radical (unpaired) electrons. The van der Waals surface area contributed by atoms with Crippen LogP contribution in [0.1, 0.15) is 46.5 Å². The lowest BCUT2D eigenvalue weighted by atomic mass is 10.3. The summed E-state index contributed by atoms with van der Waals surface area (Å²) < 4.78 is 5.45. The number of nitrogens with two attached hydrogens (primary N) is 1. The molecule has 0 spiro atoms. The van der Waals surface area contributed by atoms with Gasteiger partial charge in [-0.05, 0) is 26.3 Å². The maximum atomic E-state index is 12.0. The van der Waals surface area contributed by atoms with Gasteiger partial charge in [0.25, 0.3) is 0 Å². The zero-order valence-electron chi connectivity index (χ0n) is 13.2. The molecule has 0 aromatic carbocycles. The number of hydrogen-bond donors (Lipinski definition) is 2. The molecular formula is C15H26N4O2. The van der Waals surface area contributed by atoms with E-state index < -0.39 is 0 Å². The van der Waals surface area contributed by atoms with Crippen molar-refractivity contribution in [1.29, 1.82) is 0 Å². The lowest BCUT2D eigenvalue weighted by Crippen LogP contribution is -2.32. The van der Waals surface area contributed by atoms with Crippen LogP contribution in [0.15, 0.2) is 28.8 Å². The lowest BCUT2D eigenvalue weighted by Gasteiger charge is -2.15. The number of unbranched alkanes of at least 4 members (excludes halogenated alkanes) is 2. The summed E-state index contributed by atoms with van der Waals surface area (Å²) in [7, 11) is 0. The van der Waals surface area contributed by atoms with Crippen LogP contribution in [0.4, 0.5) is 4.79 Å². The highest BCUT2D eigenvalue weighted by atomic mass is 16.5. The van der Waals surface area contributed by atoms with Crippen LogP contribution in [-0.4, -0.2) is 29.9 Å². The standard InChI is InChI=1S/C15H26N4O2/c1-5-7-9-19-14(13(11(3)16)18-15(19)20)17-12(4)21-10-8-6-2/h4-10,16H2,1-3H3,(H,18,20)/b13-11-,17-14+. The van der Waals surface area contributed by atoms with Crippen molar-refractivity contribution in [3.05, 3.63) is 23.9 Å². The predicted octanol–water partition coefficient (Wildman–Crippen LogP) is 2.69. The topological polar surface area (TPSA) is 79.9 Å². The second-order valence-electron chi connectivity index (χ2n) is 5.02. The summed E-state index contributed by atoms with van der Waals surface area (Å²) in [5.74, 6) is 0.796. The molecule has 0 aromatic rings. The second-order valence-corrected chi connectivity index (χ2v) is 5.02. The molecule has 0 saturated carbocycles. The second kappa shape index (κ2) is 8.34. The number of carbonyl (C=O) groups is 1. The van der Waals surface area contributed by atoms with Gasteiger partial charge in [-0.1, -0.05) is 26.7 Å². The van der Waals surface area contributed by atoms with Gasteiger partial charge < -0.3 is 15.8 Å². The first-order valence-corrected chi connectivity index (χ1v) is 7.46. The molecule has 0 bridgehead atoms. The van der Waals surface area contributed by atoms with Crippen LogP contribution in [0.2, 0.25) is 0 Å². The molecule has 0 aromatic heterocycles. The van der Waals surface area contributed by atoms with Gasteiger partial charge in [0.2, 0.25) is 5.88 Å². The van der Waals surface area contributed by atoms with Crippen LogP contribution >= 0.6 is 0 Å². The fourth-order valence-corrected chi connectivity index (χ4v) is 1.86. The largest absolute Gasteiger partial charge is 0.478 e. The van der Waals surface area contributed by atoms with E-state index in [2.05, 4.69) is 30.7 Å². The molecular weight excluding hydrogens is 268 g/mol. The molecule has 1 aliphatic rings. The van der Waals surface area contributed by atoms with E-state index in [1.807, 2.05) is 0 Å². The number of amidine groups is 1. The lowest BCUT2D eigenvalue weighted by molar-refractivity contribution is 0.206. The Kier molecular flexibility index (Phi) is 6.78. The van der Waals surface area contributed by atoms with Crippen LogP contribution in [-0.2, 0) is 4.74 Å². The van der Waals surface area contributed by atoms with Gasteiger partial charge in [0.05, 0.1) is 6.61 Å². The van der Waals surface area contributed by atoms with Crippen LogP contribution in [0, 0.1) is 0 Å². The molecule has 1 rings (SSSR count). The van der Waals surface area contributed by atoms with Crippen LogP contribution in [0.25, 0.3) is 0 Å². The van der Waals surface area contributed by atoms with Crippen molar-refractivity contribution < 1.29 is 9.53 Å². The molecule has 2 amide bonds. The number of nitrogens with zero attached hydrogens (tertiary/aromatic N) is 2. The van der Waals surface area contributed by atoms with E-state index >= 15 is 0 Å². The van der Waals surface area contributed by atoms with E-state index in [9.17, 15) is 4.79 Å². The average molecular weight is 294 g/mol. The van der Waals surface area contributed by atoms with E-state index in [4.69, 9.17) is 10.5 Å². The van der Waals surface area contributed by atoms with Crippen LogP contribution in [0.3, 0.4) is 0 Å². The molecule has 0 atom stereocenters. The first-order chi connectivity index (χ1) is 10.0. The summed E-state index contributed by atoms with van der Waals surface area (Å²) in [6.07, 6.45) is 3.87. The van der Waals surface area contributed by atoms with Gasteiger partial charge in [-0.2, -0.15) is 4.99 Å². The van der Waals surface area contributed by atoms with E-state index in [1.54, 1.807) is 11.8 Å². The monoisotopic (exact) mass is 294 g/mol. The van der Waals surface area contributed by atoms with Crippen molar-refractivity contribution in [1.82, 2.24) is 10.2 Å². The highest BCUT2D eigenvalue weighted by Crippen LogP contribution is 2.16. The Morgan fingerprint density at radius 2 is 2.05 bits per heavy atom. The molecule has 6 heteroatoms. The third-order valence-electron chi connectivity index (χ3n) is 3.08. The Morgan fingerprint density at radius 1 is 1.38 bits per heavy atom. The van der Waals surface area contributed by atoms with Gasteiger partial charge in [-0.15, -0.1) is 0 Å². The molecule has 0 aliphatic carbocycles. The fourth-order valence-electron chi connectivity index (χ4n) is 1.86. The van der Waals surface area contributed by atoms with E-state index in [-0.39, 0.29) is 6.03 Å². The van der Waals surface area contributed by atoms with Gasteiger partial charge in [0, 0.05) is 12.2 Å². The number of carbonyl (C=O) groups excluding carboxylic acids is 1. The molecule has 118 valence electrons. The van der Waals surface area contributed by atoms with Crippen LogP contribution < -0.4 is 11.1 Å². The minimum absolute atomic E-state index is 0.205. The molecule has 1 aliphatic heterocycles. The van der Waals surface area contributed by atoms with Gasteiger partial charge in [0.1, 0.15) is 5.70 Å². The zero-order chi connectivity index (χ0) is 15.8. The number of amides is 2. The van der Waals surface area contributed by atoms with Crippen molar-refractivity contribution in [2.45, 2.75) is 46.5 Å². The Balaban J connectivity index is 2.91. The fraction of sp³-hybridized carbons (Fsp3) is 0.600. The molecule has 0 unspecified atom stereocenters. The third kappa shape index (κ3) is 4.81. The molecule has 6 nitrogen and oxygen atoms in total. The maximum absolute atomic E-state index is 12.0. The van der Waals surface area contributed by atoms with Crippen LogP contribution in [0.5, 0.6) is 0 Å². The van der Waals surface area contributed by atoms with Gasteiger partial charge >= 0.3 is 6.03 Å². The number of nitrogens with one attached hydrogen (secondary N) is 1. The number of aliphatic imine (C=N–C) groups is 1. The first kappa shape index (κ1) is 17.1. The summed E-state index contributed by atoms with van der Waals surface area (Å²) in [5, 5.41) is 2.75. The maximum Gasteiger partial charge on any atom is 0.327 e. The minimum atomic E-state index is -0.205. The molecule has 1 fully saturated rings. The smallest absolute Gasteiger partial charge is 0.327 e. The van der Waals surface area contributed by atoms with E-state index in [0.717, 1.165) is 25.7 Å². The Bertz CT molecular complexity index is 451. The molecule has 3 N–H and O–H groups in total. The Hall–Kier alpha value is -1.98. The summed E-state index contributed by atoms with van der Waals surface area (Å²) in [6, 6.07) is -0.205. The highest BCUT2D eigenvalue weighted by molar-refractivity contribution is 6.15. The first-order valence-electron chi connectivity index (χ1n) is 7.46. The summed E-state index contributed by atoms with van der Waals surface area (Å²) in [4.78, 5) is 17.9. The molecule has 1 heterocycles. The Morgan fingerprint density at radius 3 is 2.62 bits per heavy atom. The number of ether oxygens (including phenoxy) is 1. The Labute approximate surface area is 126 Å². The van der Waals surface area contributed by atoms with Gasteiger partial charge in [0.15, 0.2) is 5.84 Å². The number of hydrogen-bond acceptors (Lipinski definition) is 4. The van der Waals surface area contributed by atoms with Gasteiger partial charge in [-0.3, -0.25) is 4.90 Å². The minimum Gasteiger partial charge on any atom is -0.478 e. The van der Waals surface area contributed by atoms with Crippen molar-refractivity contribution in [3.63, 3.8) is 0 Å². The third-order valence-corrected chi connectivity index (χ3v) is 3.08. The van der Waals surface area contributed by atoms with Crippen molar-refractivity contribution in [2.75, 3.05) is 13.2 Å². The van der Waals surface area contributed by atoms with Crippen molar-refractivity contribution in [2.24, 2.45) is 10.7 Å². The summed E-state index contributed by atoms with van der Waals surface area (Å²) in [5.41, 5.74) is 6.88. The zero-order valence-corrected chi connectivity index (χ0v) is 13.2. The van der Waals surface area contributed by atoms with E-state index in [1.165, 1.54) is 0 Å². The molecule has 1 saturated heterocycles. The van der Waals surface area contributed by atoms with Gasteiger partial charge in [-0.25, -0.2) is 4.79 Å². The number of urea groups is 1. The summed E-state index contributed by atoms with van der Waals surface area (Å²) >= 11 is 0. The van der Waals surface area contributed by atoms with Crippen molar-refractivity contribution >= 4 is 11.9 Å². The van der Waals surface area contributed by atoms with E-state index in [0.29, 0.717) is 36.3 Å². The normalized spacial score (nSPS) is 18.9. The molecule has 21 heavy (non-hydrogen) atoms. The summed E-state index contributed by atoms with van der Waals surface area (Å²) in [6.45, 7) is 10.8. The predicted molar refractivity (Wildman–Crippen MR) is 84.5 cm³/mol. The quantitative estimate of drug-likeness (QED) is 0.533. The SMILES string of the molecule is C=C(/N=C1\C(=C(/C)N)NC(=O)N1CCCC)OCCCC. The van der Waals surface area contributed by atoms with Crippen molar-refractivity contribution in [3.8, 4) is 0 Å².